The van der Waals surface area contributed by atoms with Gasteiger partial charge in [0, 0.05) is 36.4 Å². The average molecular weight is 481 g/mol. The maximum absolute atomic E-state index is 7.30. The van der Waals surface area contributed by atoms with Crippen LogP contribution in [0.25, 0.3) is 0 Å². The van der Waals surface area contributed by atoms with Crippen LogP contribution in [0.5, 0.6) is 0 Å². The van der Waals surface area contributed by atoms with Crippen molar-refractivity contribution in [2.45, 2.75) is 115 Å². The van der Waals surface area contributed by atoms with Gasteiger partial charge >= 0.3 is 25.7 Å². The van der Waals surface area contributed by atoms with Crippen molar-refractivity contribution in [1.82, 2.24) is 0 Å². The van der Waals surface area contributed by atoms with E-state index in [1.54, 1.807) is 21.3 Å². The van der Waals surface area contributed by atoms with Crippen molar-refractivity contribution in [2.24, 2.45) is 0 Å². The third-order valence-corrected chi connectivity index (χ3v) is 24.2. The number of hydrogen-bond acceptors (Lipinski definition) is 6. The molecule has 0 aromatic rings. The Morgan fingerprint density at radius 3 is 0.733 bits per heavy atom. The molecule has 0 spiro atoms. The second kappa shape index (κ2) is 8.98. The molecule has 0 amide bonds. The Hall–Kier alpha value is 0.411. The van der Waals surface area contributed by atoms with Crippen LogP contribution in [0.1, 0.15) is 83.1 Å². The molecule has 0 bridgehead atoms. The monoisotopic (exact) mass is 480 g/mol. The Balaban J connectivity index is 4.10. The largest absolute Gasteiger partial charge is 0.412 e. The molecule has 3 atom stereocenters. The van der Waals surface area contributed by atoms with E-state index in [9.17, 15) is 0 Å². The number of methoxy groups -OCH3 is 3. The molecule has 30 heavy (non-hydrogen) atoms. The fourth-order valence-corrected chi connectivity index (χ4v) is 27.4. The van der Waals surface area contributed by atoms with E-state index in [4.69, 9.17) is 26.6 Å². The molecule has 1 aliphatic heterocycles. The van der Waals surface area contributed by atoms with Gasteiger partial charge in [0.2, 0.25) is 0 Å². The molecule has 0 radical (unpaired) electrons. The molecule has 3 unspecified atom stereocenters. The Morgan fingerprint density at radius 2 is 0.633 bits per heavy atom. The molecule has 1 fully saturated rings. The Bertz CT molecular complexity index is 492. The van der Waals surface area contributed by atoms with Gasteiger partial charge in [-0.1, -0.05) is 62.3 Å². The normalized spacial score (nSPS) is 34.5. The summed E-state index contributed by atoms with van der Waals surface area (Å²) in [7, 11) is -3.83. The zero-order valence-corrected chi connectivity index (χ0v) is 25.2. The lowest BCUT2D eigenvalue weighted by Gasteiger charge is -2.65. The third-order valence-electron chi connectivity index (χ3n) is 6.71. The van der Waals surface area contributed by atoms with Gasteiger partial charge in [-0.25, -0.2) is 0 Å². The summed E-state index contributed by atoms with van der Waals surface area (Å²) >= 11 is 0. The maximum atomic E-state index is 7.30. The van der Waals surface area contributed by atoms with Crippen LogP contribution in [0.2, 0.25) is 15.1 Å². The molecule has 180 valence electrons. The van der Waals surface area contributed by atoms with Crippen molar-refractivity contribution < 1.29 is 26.6 Å². The predicted octanol–water partition coefficient (Wildman–Crippen LogP) is 5.50. The minimum Gasteiger partial charge on any atom is -0.412 e. The van der Waals surface area contributed by atoms with Crippen molar-refractivity contribution in [2.75, 3.05) is 21.3 Å². The molecule has 0 aromatic heterocycles. The quantitative estimate of drug-likeness (QED) is 0.468. The number of rotatable bonds is 6. The summed E-state index contributed by atoms with van der Waals surface area (Å²) in [5.41, 5.74) is -0.547. The first-order valence-corrected chi connectivity index (χ1v) is 16.7. The van der Waals surface area contributed by atoms with E-state index < -0.39 is 25.7 Å². The molecule has 0 saturated carbocycles. The molecule has 0 aromatic carbocycles. The predicted molar refractivity (Wildman–Crippen MR) is 129 cm³/mol. The van der Waals surface area contributed by atoms with Crippen molar-refractivity contribution in [3.05, 3.63) is 0 Å². The van der Waals surface area contributed by atoms with Crippen molar-refractivity contribution in [3.63, 3.8) is 0 Å². The molecule has 0 N–H and O–H groups in total. The Morgan fingerprint density at radius 1 is 0.467 bits per heavy atom. The molecule has 1 heterocycles. The second-order valence-corrected chi connectivity index (χ2v) is 25.1. The number of ether oxygens (including phenoxy) is 3. The lowest BCUT2D eigenvalue weighted by Crippen LogP contribution is -2.84. The summed E-state index contributed by atoms with van der Waals surface area (Å²) in [6.45, 7) is 26.1. The van der Waals surface area contributed by atoms with Crippen LogP contribution in [0.3, 0.4) is 0 Å². The van der Waals surface area contributed by atoms with E-state index in [-0.39, 0.29) is 32.3 Å². The van der Waals surface area contributed by atoms with E-state index >= 15 is 0 Å². The third kappa shape index (κ3) is 4.43. The molecule has 9 heteroatoms. The van der Waals surface area contributed by atoms with Crippen LogP contribution in [0, 0.1) is 0 Å². The number of hydrogen-bond donors (Lipinski definition) is 0. The average Bonchev–Trinajstić information content (AvgIpc) is 2.62. The summed E-state index contributed by atoms with van der Waals surface area (Å²) in [6.07, 6.45) is 0. The van der Waals surface area contributed by atoms with Gasteiger partial charge in [0.1, 0.15) is 0 Å². The van der Waals surface area contributed by atoms with Crippen molar-refractivity contribution >= 4 is 25.7 Å². The smallest absolute Gasteiger partial charge is 0.355 e. The van der Waals surface area contributed by atoms with E-state index in [1.165, 1.54) is 0 Å². The van der Waals surface area contributed by atoms with Gasteiger partial charge in [0.15, 0.2) is 0 Å². The molecule has 0 aliphatic carbocycles. The topological polar surface area (TPSA) is 55.4 Å². The van der Waals surface area contributed by atoms with Gasteiger partial charge in [0.05, 0.1) is 17.2 Å². The first-order valence-electron chi connectivity index (χ1n) is 11.0. The fourth-order valence-electron chi connectivity index (χ4n) is 4.45. The molecular formula is C21H48O6Si3. The molecular weight excluding hydrogens is 432 g/mol. The van der Waals surface area contributed by atoms with Crippen LogP contribution < -0.4 is 0 Å². The van der Waals surface area contributed by atoms with E-state index in [1.807, 2.05) is 0 Å². The minimum atomic E-state index is -3.02. The Kier molecular flexibility index (Phi) is 8.52. The van der Waals surface area contributed by atoms with Crippen LogP contribution in [0.4, 0.5) is 0 Å². The lowest BCUT2D eigenvalue weighted by atomic mass is 10.2. The highest BCUT2D eigenvalue weighted by Gasteiger charge is 2.76. The maximum Gasteiger partial charge on any atom is 0.355 e. The van der Waals surface area contributed by atoms with Gasteiger partial charge in [-0.05, 0) is 20.8 Å². The van der Waals surface area contributed by atoms with E-state index in [2.05, 4.69) is 83.1 Å². The van der Waals surface area contributed by atoms with Crippen LogP contribution >= 0.6 is 0 Å². The standard InChI is InChI=1S/C21H48O6Si3/c1-16(22-13)28(19(4,5)6)25-29(17(2)23-14,20(7,8)9)27-30(26-28,18(3)24-15)21(10,11)12/h16-18H,1-15H3. The highest BCUT2D eigenvalue weighted by atomic mass is 28.5. The van der Waals surface area contributed by atoms with Gasteiger partial charge in [-0.15, -0.1) is 0 Å². The van der Waals surface area contributed by atoms with Crippen molar-refractivity contribution in [1.29, 1.82) is 0 Å². The summed E-state index contributed by atoms with van der Waals surface area (Å²) in [6, 6.07) is 0. The molecule has 1 rings (SSSR count). The highest BCUT2D eigenvalue weighted by molar-refractivity contribution is 6.98. The Labute approximate surface area is 189 Å². The van der Waals surface area contributed by atoms with Crippen molar-refractivity contribution in [3.8, 4) is 0 Å². The van der Waals surface area contributed by atoms with E-state index in [0.29, 0.717) is 0 Å². The minimum absolute atomic E-state index is 0.182. The molecule has 1 saturated heterocycles. The second-order valence-electron chi connectivity index (χ2n) is 11.7. The first-order chi connectivity index (χ1) is 13.3. The highest BCUT2D eigenvalue weighted by Crippen LogP contribution is 2.58. The van der Waals surface area contributed by atoms with Crippen LogP contribution in [-0.4, -0.2) is 64.2 Å². The van der Waals surface area contributed by atoms with Crippen LogP contribution in [-0.2, 0) is 26.6 Å². The zero-order chi connectivity index (χ0) is 24.0. The van der Waals surface area contributed by atoms with E-state index in [0.717, 1.165) is 0 Å². The van der Waals surface area contributed by atoms with Crippen LogP contribution in [0.15, 0.2) is 0 Å². The summed E-state index contributed by atoms with van der Waals surface area (Å²) in [5.74, 6) is 0. The summed E-state index contributed by atoms with van der Waals surface area (Å²) in [4.78, 5) is 0. The summed E-state index contributed by atoms with van der Waals surface area (Å²) in [5, 5.41) is -0.750. The lowest BCUT2D eigenvalue weighted by molar-refractivity contribution is 0.0363. The molecule has 1 aliphatic rings. The SMILES string of the molecule is COC(C)[Si]1(C(C)(C)C)O[Si](C(C)OC)(C(C)(C)C)O[Si](C(C)OC)(C(C)(C)C)O1. The van der Waals surface area contributed by atoms with Gasteiger partial charge in [-0.2, -0.15) is 0 Å². The molecule has 6 nitrogen and oxygen atoms in total. The first kappa shape index (κ1) is 28.4. The van der Waals surface area contributed by atoms with Gasteiger partial charge < -0.3 is 26.6 Å². The zero-order valence-electron chi connectivity index (χ0n) is 22.2. The van der Waals surface area contributed by atoms with Gasteiger partial charge in [-0.3, -0.25) is 0 Å². The summed E-state index contributed by atoms with van der Waals surface area (Å²) < 4.78 is 39.8. The van der Waals surface area contributed by atoms with Gasteiger partial charge in [0.25, 0.3) is 0 Å². The fraction of sp³-hybridized carbons (Fsp3) is 1.00.